The van der Waals surface area contributed by atoms with Crippen molar-refractivity contribution < 1.29 is 4.42 Å². The van der Waals surface area contributed by atoms with E-state index in [1.54, 1.807) is 11.8 Å². The van der Waals surface area contributed by atoms with Crippen molar-refractivity contribution in [2.45, 2.75) is 51.3 Å². The van der Waals surface area contributed by atoms with Gasteiger partial charge >= 0.3 is 0 Å². The Hall–Kier alpha value is -1.65. The highest BCUT2D eigenvalue weighted by molar-refractivity contribution is 7.98. The molecule has 0 aliphatic rings. The van der Waals surface area contributed by atoms with Crippen LogP contribution in [0.4, 0.5) is 0 Å². The fraction of sp³-hybridized carbons (Fsp3) is 0.684. The minimum absolute atomic E-state index is 0.579. The molecule has 0 atom stereocenters. The number of guanidine groups is 1. The largest absolute Gasteiger partial charge is 0.464 e. The van der Waals surface area contributed by atoms with Crippen LogP contribution in [0, 0.1) is 11.5 Å². The number of thioether (sulfide) groups is 1. The summed E-state index contributed by atoms with van der Waals surface area (Å²) in [6, 6.07) is 4.08. The third-order valence-corrected chi connectivity index (χ3v) is 4.66. The quantitative estimate of drug-likeness (QED) is 0.179. The van der Waals surface area contributed by atoms with Gasteiger partial charge in [-0.2, -0.15) is 17.0 Å². The van der Waals surface area contributed by atoms with Gasteiger partial charge in [-0.3, -0.25) is 10.3 Å². The Kier molecular flexibility index (Phi) is 12.5. The maximum Gasteiger partial charge on any atom is 0.204 e. The summed E-state index contributed by atoms with van der Waals surface area (Å²) in [7, 11) is 4.06. The summed E-state index contributed by atoms with van der Waals surface area (Å²) in [4.78, 5) is 6.53. The monoisotopic (exact) mass is 379 g/mol. The van der Waals surface area contributed by atoms with Crippen molar-refractivity contribution in [3.63, 3.8) is 0 Å². The minimum Gasteiger partial charge on any atom is -0.464 e. The molecule has 0 saturated heterocycles. The van der Waals surface area contributed by atoms with Crippen LogP contribution in [0.5, 0.6) is 0 Å². The normalized spacial score (nSPS) is 11.6. The van der Waals surface area contributed by atoms with Gasteiger partial charge < -0.3 is 14.6 Å². The number of hydrogen-bond donors (Lipinski definition) is 2. The van der Waals surface area contributed by atoms with E-state index in [0.717, 1.165) is 49.1 Å². The van der Waals surface area contributed by atoms with Crippen molar-refractivity contribution in [1.82, 2.24) is 15.5 Å². The number of hydrogen-bond acceptors (Lipinski definition) is 5. The molecular weight excluding hydrogens is 346 g/mol. The average molecular weight is 380 g/mol. The summed E-state index contributed by atoms with van der Waals surface area (Å²) < 4.78 is 5.79. The Morgan fingerprint density at radius 1 is 1.23 bits per heavy atom. The molecule has 1 heterocycles. The molecular formula is C19H33N5OS. The van der Waals surface area contributed by atoms with E-state index in [1.807, 2.05) is 32.4 Å². The van der Waals surface area contributed by atoms with Crippen molar-refractivity contribution in [3.8, 4) is 6.19 Å². The molecule has 0 aromatic carbocycles. The summed E-state index contributed by atoms with van der Waals surface area (Å²) in [5, 5.41) is 14.6. The third kappa shape index (κ3) is 11.1. The van der Waals surface area contributed by atoms with E-state index >= 15 is 0 Å². The second kappa shape index (κ2) is 14.5. The molecule has 146 valence electrons. The molecule has 0 aliphatic heterocycles. The molecule has 0 amide bonds. The zero-order valence-electron chi connectivity index (χ0n) is 16.4. The first-order valence-corrected chi connectivity index (χ1v) is 10.5. The van der Waals surface area contributed by atoms with Gasteiger partial charge in [0.2, 0.25) is 5.96 Å². The van der Waals surface area contributed by atoms with Crippen molar-refractivity contribution in [2.75, 3.05) is 32.9 Å². The van der Waals surface area contributed by atoms with Crippen LogP contribution in [0.25, 0.3) is 0 Å². The van der Waals surface area contributed by atoms with Gasteiger partial charge in [-0.25, -0.2) is 0 Å². The molecule has 0 spiro atoms. The Morgan fingerprint density at radius 2 is 2.00 bits per heavy atom. The van der Waals surface area contributed by atoms with E-state index in [2.05, 4.69) is 27.4 Å². The number of furan rings is 1. The molecule has 0 unspecified atom stereocenters. The van der Waals surface area contributed by atoms with Gasteiger partial charge in [0.1, 0.15) is 11.5 Å². The lowest BCUT2D eigenvalue weighted by Crippen LogP contribution is -2.36. The highest BCUT2D eigenvalue weighted by Gasteiger charge is 2.04. The molecule has 0 aliphatic carbocycles. The first-order valence-electron chi connectivity index (χ1n) is 9.39. The molecule has 7 heteroatoms. The molecule has 0 saturated carbocycles. The van der Waals surface area contributed by atoms with Crippen molar-refractivity contribution in [1.29, 1.82) is 5.26 Å². The van der Waals surface area contributed by atoms with Gasteiger partial charge in [0.25, 0.3) is 0 Å². The first kappa shape index (κ1) is 22.4. The maximum absolute atomic E-state index is 8.82. The molecule has 1 aromatic rings. The van der Waals surface area contributed by atoms with Crippen LogP contribution >= 0.6 is 11.8 Å². The molecule has 26 heavy (non-hydrogen) atoms. The second-order valence-corrected chi connectivity index (χ2v) is 7.57. The molecule has 6 nitrogen and oxygen atoms in total. The molecule has 0 fully saturated rings. The van der Waals surface area contributed by atoms with Gasteiger partial charge in [-0.15, -0.1) is 0 Å². The highest BCUT2D eigenvalue weighted by atomic mass is 32.2. The van der Waals surface area contributed by atoms with E-state index < -0.39 is 0 Å². The predicted molar refractivity (Wildman–Crippen MR) is 110 cm³/mol. The average Bonchev–Trinajstić information content (AvgIpc) is 3.04. The molecule has 0 bridgehead atoms. The number of nitrogens with one attached hydrogen (secondary N) is 2. The van der Waals surface area contributed by atoms with Crippen LogP contribution in [-0.2, 0) is 12.3 Å². The lowest BCUT2D eigenvalue weighted by atomic mass is 10.2. The van der Waals surface area contributed by atoms with Crippen molar-refractivity contribution >= 4 is 17.7 Å². The number of unbranched alkanes of at least 4 members (excludes halogenated alkanes) is 4. The SMILES string of the molecule is CCCCCCC/N=C(\NC#N)NCCSCc1ccc(CN(C)C)o1. The Balaban J connectivity index is 2.18. The molecule has 1 aromatic heterocycles. The van der Waals surface area contributed by atoms with Crippen LogP contribution in [0.1, 0.15) is 50.5 Å². The van der Waals surface area contributed by atoms with Gasteiger partial charge in [0.05, 0.1) is 12.3 Å². The summed E-state index contributed by atoms with van der Waals surface area (Å²) in [5.74, 6) is 4.35. The molecule has 1 rings (SSSR count). The van der Waals surface area contributed by atoms with Gasteiger partial charge in [0.15, 0.2) is 6.19 Å². The lowest BCUT2D eigenvalue weighted by molar-refractivity contribution is 0.344. The smallest absolute Gasteiger partial charge is 0.204 e. The van der Waals surface area contributed by atoms with Crippen LogP contribution in [0.15, 0.2) is 21.5 Å². The standard InChI is InChI=1S/C19H33N5OS/c1-4-5-6-7-8-11-21-19(23-16-20)22-12-13-26-15-18-10-9-17(25-18)14-24(2)3/h9-10H,4-8,11-15H2,1-3H3,(H2,21,22,23). The van der Waals surface area contributed by atoms with Crippen LogP contribution in [0.2, 0.25) is 0 Å². The fourth-order valence-corrected chi connectivity index (χ4v) is 3.16. The van der Waals surface area contributed by atoms with Crippen LogP contribution in [0.3, 0.4) is 0 Å². The minimum atomic E-state index is 0.579. The number of rotatable bonds is 13. The van der Waals surface area contributed by atoms with Gasteiger partial charge in [-0.05, 0) is 32.6 Å². The van der Waals surface area contributed by atoms with Crippen LogP contribution in [-0.4, -0.2) is 43.8 Å². The van der Waals surface area contributed by atoms with E-state index in [0.29, 0.717) is 5.96 Å². The second-order valence-electron chi connectivity index (χ2n) is 6.47. The third-order valence-electron chi connectivity index (χ3n) is 3.68. The summed E-state index contributed by atoms with van der Waals surface area (Å²) >= 11 is 1.80. The number of nitriles is 1. The van der Waals surface area contributed by atoms with Gasteiger partial charge in [0, 0.05) is 18.8 Å². The van der Waals surface area contributed by atoms with E-state index in [-0.39, 0.29) is 0 Å². The van der Waals surface area contributed by atoms with E-state index in [4.69, 9.17) is 9.68 Å². The zero-order chi connectivity index (χ0) is 19.0. The number of aliphatic imine (C=N–C) groups is 1. The first-order chi connectivity index (χ1) is 12.7. The molecule has 0 radical (unpaired) electrons. The fourth-order valence-electron chi connectivity index (χ4n) is 2.41. The topological polar surface area (TPSA) is 76.6 Å². The van der Waals surface area contributed by atoms with Crippen molar-refractivity contribution in [2.24, 2.45) is 4.99 Å². The Morgan fingerprint density at radius 3 is 2.73 bits per heavy atom. The Labute approximate surface area is 162 Å². The summed E-state index contributed by atoms with van der Waals surface area (Å²) in [6.45, 7) is 4.56. The predicted octanol–water partition coefficient (Wildman–Crippen LogP) is 3.56. The number of nitrogens with zero attached hydrogens (tertiary/aromatic N) is 3. The summed E-state index contributed by atoms with van der Waals surface area (Å²) in [5.41, 5.74) is 0. The van der Waals surface area contributed by atoms with Gasteiger partial charge in [-0.1, -0.05) is 32.6 Å². The summed E-state index contributed by atoms with van der Waals surface area (Å²) in [6.07, 6.45) is 8.01. The lowest BCUT2D eigenvalue weighted by Gasteiger charge is -2.08. The van der Waals surface area contributed by atoms with E-state index in [9.17, 15) is 0 Å². The molecule has 2 N–H and O–H groups in total. The zero-order valence-corrected chi connectivity index (χ0v) is 17.2. The van der Waals surface area contributed by atoms with Crippen LogP contribution < -0.4 is 10.6 Å². The highest BCUT2D eigenvalue weighted by Crippen LogP contribution is 2.15. The maximum atomic E-state index is 8.82. The van der Waals surface area contributed by atoms with E-state index in [1.165, 1.54) is 25.7 Å². The van der Waals surface area contributed by atoms with Crippen molar-refractivity contribution in [3.05, 3.63) is 23.7 Å². The Bertz CT molecular complexity index is 550.